The molecule has 0 unspecified atom stereocenters. The molecule has 0 saturated heterocycles. The van der Waals surface area contributed by atoms with Gasteiger partial charge in [0.05, 0.1) is 5.75 Å². The fourth-order valence-corrected chi connectivity index (χ4v) is 4.98. The molecule has 0 radical (unpaired) electrons. The van der Waals surface area contributed by atoms with Crippen LogP contribution in [0.15, 0.2) is 47.6 Å². The van der Waals surface area contributed by atoms with Gasteiger partial charge in [0.1, 0.15) is 12.4 Å². The number of nitrogens with one attached hydrogen (secondary N) is 1. The molecule has 1 aliphatic carbocycles. The Labute approximate surface area is 204 Å². The number of rotatable bonds is 8. The van der Waals surface area contributed by atoms with Crippen LogP contribution in [-0.2, 0) is 18.4 Å². The highest BCUT2D eigenvalue weighted by molar-refractivity contribution is 7.99. The molecule has 1 aromatic heterocycles. The summed E-state index contributed by atoms with van der Waals surface area (Å²) < 4.78 is 7.79. The molecular formula is C25H29ClN4O2S. The molecule has 8 heteroatoms. The minimum absolute atomic E-state index is 0.121. The predicted octanol–water partition coefficient (Wildman–Crippen LogP) is 6.13. The number of carbonyl (C=O) groups is 1. The molecule has 4 rings (SSSR count). The molecule has 1 aliphatic rings. The van der Waals surface area contributed by atoms with Crippen LogP contribution < -0.4 is 10.1 Å². The highest BCUT2D eigenvalue weighted by Crippen LogP contribution is 2.33. The van der Waals surface area contributed by atoms with Crippen LogP contribution in [0.5, 0.6) is 5.75 Å². The summed E-state index contributed by atoms with van der Waals surface area (Å²) in [7, 11) is 1.88. The molecule has 1 heterocycles. The Kier molecular flexibility index (Phi) is 7.93. The van der Waals surface area contributed by atoms with E-state index in [0.29, 0.717) is 28.5 Å². The number of ether oxygens (including phenoxy) is 1. The molecule has 0 aliphatic heterocycles. The molecule has 1 fully saturated rings. The first-order chi connectivity index (χ1) is 16.0. The Hall–Kier alpha value is -2.51. The fraction of sp³-hybridized carbons (Fsp3) is 0.400. The third-order valence-corrected chi connectivity index (χ3v) is 7.55. The van der Waals surface area contributed by atoms with Gasteiger partial charge in [-0.15, -0.1) is 10.2 Å². The summed E-state index contributed by atoms with van der Waals surface area (Å²) in [4.78, 5) is 12.4. The Balaban J connectivity index is 1.28. The van der Waals surface area contributed by atoms with Crippen LogP contribution >= 0.6 is 23.4 Å². The SMILES string of the molecule is Cc1c(Cl)cccc1NC(=O)CSc1nnc(COc2ccc(C3CCCCC3)cc2)n1C. The van der Waals surface area contributed by atoms with E-state index in [1.54, 1.807) is 6.07 Å². The van der Waals surface area contributed by atoms with Crippen molar-refractivity contribution in [3.63, 3.8) is 0 Å². The Bertz CT molecular complexity index is 1090. The largest absolute Gasteiger partial charge is 0.486 e. The average Bonchev–Trinajstić information content (AvgIpc) is 3.19. The standard InChI is InChI=1S/C25H29ClN4O2S/c1-17-21(26)9-6-10-22(17)27-24(31)16-33-25-29-28-23(30(25)2)15-32-20-13-11-19(12-14-20)18-7-4-3-5-8-18/h6,9-14,18H,3-5,7-8,15-16H2,1-2H3,(H,27,31). The zero-order chi connectivity index (χ0) is 23.2. The van der Waals surface area contributed by atoms with Crippen LogP contribution in [0.25, 0.3) is 0 Å². The van der Waals surface area contributed by atoms with Gasteiger partial charge in [0.25, 0.3) is 0 Å². The zero-order valence-electron chi connectivity index (χ0n) is 19.0. The highest BCUT2D eigenvalue weighted by Gasteiger charge is 2.16. The van der Waals surface area contributed by atoms with Crippen molar-refractivity contribution in [2.45, 2.75) is 56.7 Å². The van der Waals surface area contributed by atoms with E-state index in [4.69, 9.17) is 16.3 Å². The number of hydrogen-bond donors (Lipinski definition) is 1. The summed E-state index contributed by atoms with van der Waals surface area (Å²) in [5.41, 5.74) is 2.97. The maximum Gasteiger partial charge on any atom is 0.234 e. The number of hydrogen-bond acceptors (Lipinski definition) is 5. The molecule has 174 valence electrons. The Morgan fingerprint density at radius 2 is 1.91 bits per heavy atom. The second-order valence-corrected chi connectivity index (χ2v) is 9.75. The second kappa shape index (κ2) is 11.1. The van der Waals surface area contributed by atoms with E-state index >= 15 is 0 Å². The van der Waals surface area contributed by atoms with Crippen LogP contribution in [0, 0.1) is 6.92 Å². The molecule has 1 amide bonds. The topological polar surface area (TPSA) is 69.0 Å². The van der Waals surface area contributed by atoms with Crippen molar-refractivity contribution >= 4 is 35.0 Å². The lowest BCUT2D eigenvalue weighted by molar-refractivity contribution is -0.113. The van der Waals surface area contributed by atoms with Gasteiger partial charge >= 0.3 is 0 Å². The summed E-state index contributed by atoms with van der Waals surface area (Å²) in [6.45, 7) is 2.20. The molecule has 1 saturated carbocycles. The third-order valence-electron chi connectivity index (χ3n) is 6.12. The predicted molar refractivity (Wildman–Crippen MR) is 133 cm³/mol. The lowest BCUT2D eigenvalue weighted by Gasteiger charge is -2.22. The normalized spacial score (nSPS) is 14.3. The van der Waals surface area contributed by atoms with Crippen molar-refractivity contribution in [2.24, 2.45) is 7.05 Å². The van der Waals surface area contributed by atoms with Crippen molar-refractivity contribution in [3.8, 4) is 5.75 Å². The van der Waals surface area contributed by atoms with E-state index in [0.717, 1.165) is 17.0 Å². The monoisotopic (exact) mass is 484 g/mol. The van der Waals surface area contributed by atoms with Gasteiger partial charge < -0.3 is 14.6 Å². The number of halogens is 1. The Morgan fingerprint density at radius 1 is 1.15 bits per heavy atom. The summed E-state index contributed by atoms with van der Waals surface area (Å²) in [6.07, 6.45) is 6.60. The number of anilines is 1. The molecule has 33 heavy (non-hydrogen) atoms. The van der Waals surface area contributed by atoms with Crippen LogP contribution in [0.1, 0.15) is 55.0 Å². The number of amides is 1. The molecule has 0 bridgehead atoms. The number of nitrogens with zero attached hydrogens (tertiary/aromatic N) is 3. The van der Waals surface area contributed by atoms with Gasteiger partial charge in [0.2, 0.25) is 5.91 Å². The van der Waals surface area contributed by atoms with E-state index < -0.39 is 0 Å². The minimum Gasteiger partial charge on any atom is -0.486 e. The average molecular weight is 485 g/mol. The van der Waals surface area contributed by atoms with Crippen LogP contribution in [0.3, 0.4) is 0 Å². The number of aromatic nitrogens is 3. The summed E-state index contributed by atoms with van der Waals surface area (Å²) >= 11 is 7.45. The number of carbonyl (C=O) groups excluding carboxylic acids is 1. The van der Waals surface area contributed by atoms with Gasteiger partial charge in [-0.2, -0.15) is 0 Å². The van der Waals surface area contributed by atoms with Gasteiger partial charge in [0, 0.05) is 17.8 Å². The number of thioether (sulfide) groups is 1. The fourth-order valence-electron chi connectivity index (χ4n) is 4.08. The summed E-state index contributed by atoms with van der Waals surface area (Å²) in [6, 6.07) is 13.9. The number of benzene rings is 2. The molecule has 6 nitrogen and oxygen atoms in total. The Morgan fingerprint density at radius 3 is 2.67 bits per heavy atom. The van der Waals surface area contributed by atoms with Crippen molar-refractivity contribution < 1.29 is 9.53 Å². The maximum atomic E-state index is 12.4. The van der Waals surface area contributed by atoms with E-state index in [9.17, 15) is 4.79 Å². The third kappa shape index (κ3) is 6.09. The van der Waals surface area contributed by atoms with E-state index in [2.05, 4.69) is 27.6 Å². The van der Waals surface area contributed by atoms with Crippen molar-refractivity contribution in [1.82, 2.24) is 14.8 Å². The first-order valence-electron chi connectivity index (χ1n) is 11.3. The van der Waals surface area contributed by atoms with Crippen LogP contribution in [-0.4, -0.2) is 26.4 Å². The van der Waals surface area contributed by atoms with Gasteiger partial charge in [-0.3, -0.25) is 4.79 Å². The molecule has 2 aromatic carbocycles. The van der Waals surface area contributed by atoms with E-state index in [1.807, 2.05) is 42.8 Å². The smallest absolute Gasteiger partial charge is 0.234 e. The molecule has 3 aromatic rings. The van der Waals surface area contributed by atoms with Crippen molar-refractivity contribution in [1.29, 1.82) is 0 Å². The van der Waals surface area contributed by atoms with Gasteiger partial charge in [-0.1, -0.05) is 60.8 Å². The minimum atomic E-state index is -0.121. The molecule has 0 atom stereocenters. The molecular weight excluding hydrogens is 456 g/mol. The quantitative estimate of drug-likeness (QED) is 0.389. The van der Waals surface area contributed by atoms with Crippen molar-refractivity contribution in [3.05, 3.63) is 64.4 Å². The van der Waals surface area contributed by atoms with Crippen molar-refractivity contribution in [2.75, 3.05) is 11.1 Å². The summed E-state index contributed by atoms with van der Waals surface area (Å²) in [5, 5.41) is 12.6. The maximum absolute atomic E-state index is 12.4. The van der Waals surface area contributed by atoms with Gasteiger partial charge in [-0.05, 0) is 61.1 Å². The second-order valence-electron chi connectivity index (χ2n) is 8.40. The van der Waals surface area contributed by atoms with Crippen LogP contribution in [0.2, 0.25) is 5.02 Å². The summed E-state index contributed by atoms with van der Waals surface area (Å²) in [5.74, 6) is 2.32. The highest BCUT2D eigenvalue weighted by atomic mass is 35.5. The lowest BCUT2D eigenvalue weighted by Crippen LogP contribution is -2.15. The zero-order valence-corrected chi connectivity index (χ0v) is 20.6. The molecule has 0 spiro atoms. The lowest BCUT2D eigenvalue weighted by atomic mass is 9.84. The van der Waals surface area contributed by atoms with Gasteiger partial charge in [0.15, 0.2) is 11.0 Å². The first kappa shape index (κ1) is 23.6. The molecule has 1 N–H and O–H groups in total. The van der Waals surface area contributed by atoms with Gasteiger partial charge in [-0.25, -0.2) is 0 Å². The van der Waals surface area contributed by atoms with E-state index in [-0.39, 0.29) is 11.7 Å². The first-order valence-corrected chi connectivity index (χ1v) is 12.7. The van der Waals surface area contributed by atoms with Crippen LogP contribution in [0.4, 0.5) is 5.69 Å². The van der Waals surface area contributed by atoms with E-state index in [1.165, 1.54) is 49.4 Å².